The van der Waals surface area contributed by atoms with E-state index in [0.29, 0.717) is 13.4 Å². The van der Waals surface area contributed by atoms with Gasteiger partial charge in [-0.15, -0.1) is 0 Å². The van der Waals surface area contributed by atoms with Crippen molar-refractivity contribution in [3.8, 4) is 0 Å². The predicted molar refractivity (Wildman–Crippen MR) is 81.4 cm³/mol. The molecule has 0 aliphatic heterocycles. The molecule has 0 atom stereocenters. The van der Waals surface area contributed by atoms with E-state index < -0.39 is 9.84 Å². The number of rotatable bonds is 2. The molecule has 0 aliphatic carbocycles. The number of benzene rings is 2. The normalized spacial score (nSPS) is 11.5. The second-order valence-electron chi connectivity index (χ2n) is 3.54. The van der Waals surface area contributed by atoms with E-state index in [-0.39, 0.29) is 9.79 Å². The van der Waals surface area contributed by atoms with Gasteiger partial charge in [-0.2, -0.15) is 0 Å². The number of hydrogen-bond donors (Lipinski definition) is 0. The summed E-state index contributed by atoms with van der Waals surface area (Å²) in [5, 5.41) is 0. The van der Waals surface area contributed by atoms with E-state index in [1.807, 2.05) is 0 Å². The van der Waals surface area contributed by atoms with Crippen molar-refractivity contribution in [2.24, 2.45) is 0 Å². The van der Waals surface area contributed by atoms with Crippen molar-refractivity contribution in [1.29, 1.82) is 0 Å². The molecule has 0 bridgehead atoms. The molecule has 2 aromatic carbocycles. The molecular formula is C12H7Br3O2S. The van der Waals surface area contributed by atoms with Crippen LogP contribution in [-0.2, 0) is 9.84 Å². The lowest BCUT2D eigenvalue weighted by atomic mass is 10.4. The van der Waals surface area contributed by atoms with Gasteiger partial charge in [-0.25, -0.2) is 8.42 Å². The summed E-state index contributed by atoms with van der Waals surface area (Å²) < 4.78 is 27.0. The highest BCUT2D eigenvalue weighted by Crippen LogP contribution is 2.31. The Labute approximate surface area is 131 Å². The second-order valence-corrected chi connectivity index (χ2v) is 8.14. The van der Waals surface area contributed by atoms with Crippen LogP contribution < -0.4 is 0 Å². The lowest BCUT2D eigenvalue weighted by Gasteiger charge is -2.07. The Hall–Kier alpha value is -0.170. The molecule has 0 amide bonds. The second kappa shape index (κ2) is 5.45. The van der Waals surface area contributed by atoms with Crippen LogP contribution in [0.4, 0.5) is 0 Å². The molecule has 0 radical (unpaired) electrons. The molecule has 2 aromatic rings. The monoisotopic (exact) mass is 452 g/mol. The van der Waals surface area contributed by atoms with Crippen molar-refractivity contribution in [3.05, 3.63) is 55.9 Å². The first kappa shape index (κ1) is 14.2. The highest BCUT2D eigenvalue weighted by molar-refractivity contribution is 9.11. The van der Waals surface area contributed by atoms with Crippen molar-refractivity contribution >= 4 is 57.6 Å². The lowest BCUT2D eigenvalue weighted by Crippen LogP contribution is -2.03. The van der Waals surface area contributed by atoms with E-state index in [4.69, 9.17) is 0 Å². The van der Waals surface area contributed by atoms with Gasteiger partial charge in [0, 0.05) is 13.4 Å². The van der Waals surface area contributed by atoms with Gasteiger partial charge in [0.05, 0.1) is 9.79 Å². The Morgan fingerprint density at radius 1 is 0.833 bits per heavy atom. The van der Waals surface area contributed by atoms with Gasteiger partial charge in [-0.05, 0) is 46.3 Å². The SMILES string of the molecule is O=S(=O)(c1cc(Br)cc(Br)c1)c1ccccc1Br. The maximum atomic E-state index is 12.5. The molecule has 0 aromatic heterocycles. The van der Waals surface area contributed by atoms with Crippen LogP contribution >= 0.6 is 47.8 Å². The topological polar surface area (TPSA) is 34.1 Å². The van der Waals surface area contributed by atoms with Crippen LogP contribution in [0.1, 0.15) is 0 Å². The highest BCUT2D eigenvalue weighted by atomic mass is 79.9. The summed E-state index contributed by atoms with van der Waals surface area (Å²) in [5.74, 6) is 0. The summed E-state index contributed by atoms with van der Waals surface area (Å²) in [6.45, 7) is 0. The fraction of sp³-hybridized carbons (Fsp3) is 0. The Kier molecular flexibility index (Phi) is 4.31. The first-order chi connectivity index (χ1) is 8.41. The van der Waals surface area contributed by atoms with Crippen LogP contribution in [0.25, 0.3) is 0 Å². The van der Waals surface area contributed by atoms with Gasteiger partial charge < -0.3 is 0 Å². The van der Waals surface area contributed by atoms with E-state index >= 15 is 0 Å². The van der Waals surface area contributed by atoms with Crippen LogP contribution in [0.3, 0.4) is 0 Å². The molecule has 0 heterocycles. The fourth-order valence-corrected chi connectivity index (χ4v) is 5.39. The summed E-state index contributed by atoms with van der Waals surface area (Å²) >= 11 is 9.84. The smallest absolute Gasteiger partial charge is 0.207 e. The molecule has 0 fully saturated rings. The van der Waals surface area contributed by atoms with Crippen LogP contribution in [-0.4, -0.2) is 8.42 Å². The highest BCUT2D eigenvalue weighted by Gasteiger charge is 2.20. The van der Waals surface area contributed by atoms with Crippen molar-refractivity contribution in [3.63, 3.8) is 0 Å². The van der Waals surface area contributed by atoms with Crippen LogP contribution in [0.15, 0.2) is 65.7 Å². The van der Waals surface area contributed by atoms with Gasteiger partial charge in [0.15, 0.2) is 0 Å². The molecule has 6 heteroatoms. The zero-order valence-electron chi connectivity index (χ0n) is 8.90. The zero-order valence-corrected chi connectivity index (χ0v) is 14.5. The van der Waals surface area contributed by atoms with Crippen molar-refractivity contribution in [2.45, 2.75) is 9.79 Å². The quantitative estimate of drug-likeness (QED) is 0.652. The third-order valence-corrected chi connectivity index (χ3v) is 5.93. The van der Waals surface area contributed by atoms with Gasteiger partial charge in [-0.3, -0.25) is 0 Å². The molecule has 0 saturated heterocycles. The molecule has 18 heavy (non-hydrogen) atoms. The average Bonchev–Trinajstić information content (AvgIpc) is 2.28. The van der Waals surface area contributed by atoms with Crippen LogP contribution in [0.5, 0.6) is 0 Å². The Balaban J connectivity index is 2.66. The van der Waals surface area contributed by atoms with Gasteiger partial charge in [0.2, 0.25) is 9.84 Å². The molecule has 0 unspecified atom stereocenters. The lowest BCUT2D eigenvalue weighted by molar-refractivity contribution is 0.595. The van der Waals surface area contributed by atoms with E-state index in [0.717, 1.165) is 0 Å². The largest absolute Gasteiger partial charge is 0.218 e. The summed E-state index contributed by atoms with van der Waals surface area (Å²) in [4.78, 5) is 0.505. The van der Waals surface area contributed by atoms with Crippen molar-refractivity contribution in [1.82, 2.24) is 0 Å². The molecule has 0 saturated carbocycles. The van der Waals surface area contributed by atoms with Crippen molar-refractivity contribution in [2.75, 3.05) is 0 Å². The van der Waals surface area contributed by atoms with Gasteiger partial charge in [-0.1, -0.05) is 44.0 Å². The molecular weight excluding hydrogens is 448 g/mol. The van der Waals surface area contributed by atoms with E-state index in [1.54, 1.807) is 42.5 Å². The number of halogens is 3. The molecule has 2 rings (SSSR count). The standard InChI is InChI=1S/C12H7Br3O2S/c13-8-5-9(14)7-10(6-8)18(16,17)12-4-2-1-3-11(12)15/h1-7H. The van der Waals surface area contributed by atoms with Gasteiger partial charge in [0.25, 0.3) is 0 Å². The minimum atomic E-state index is -3.52. The summed E-state index contributed by atoms with van der Waals surface area (Å²) in [6.07, 6.45) is 0. The first-order valence-corrected chi connectivity index (χ1v) is 8.73. The fourth-order valence-electron chi connectivity index (χ4n) is 1.47. The van der Waals surface area contributed by atoms with Crippen LogP contribution in [0.2, 0.25) is 0 Å². The minimum Gasteiger partial charge on any atom is -0.218 e. The first-order valence-electron chi connectivity index (χ1n) is 4.87. The minimum absolute atomic E-state index is 0.246. The third kappa shape index (κ3) is 2.87. The average molecular weight is 455 g/mol. The maximum Gasteiger partial charge on any atom is 0.207 e. The molecule has 0 N–H and O–H groups in total. The Morgan fingerprint density at radius 3 is 1.94 bits per heavy atom. The Bertz CT molecular complexity index is 676. The Morgan fingerprint density at radius 2 is 1.39 bits per heavy atom. The molecule has 0 aliphatic rings. The third-order valence-electron chi connectivity index (χ3n) is 2.27. The van der Waals surface area contributed by atoms with E-state index in [2.05, 4.69) is 47.8 Å². The number of sulfone groups is 1. The van der Waals surface area contributed by atoms with Crippen LogP contribution in [0, 0.1) is 0 Å². The maximum absolute atomic E-state index is 12.5. The summed E-state index contributed by atoms with van der Waals surface area (Å²) in [6, 6.07) is 11.7. The summed E-state index contributed by atoms with van der Waals surface area (Å²) in [7, 11) is -3.52. The zero-order chi connectivity index (χ0) is 13.3. The van der Waals surface area contributed by atoms with Crippen molar-refractivity contribution < 1.29 is 8.42 Å². The molecule has 0 spiro atoms. The number of hydrogen-bond acceptors (Lipinski definition) is 2. The van der Waals surface area contributed by atoms with E-state index in [9.17, 15) is 8.42 Å². The molecule has 2 nitrogen and oxygen atoms in total. The van der Waals surface area contributed by atoms with Gasteiger partial charge in [0.1, 0.15) is 0 Å². The summed E-state index contributed by atoms with van der Waals surface area (Å²) in [5.41, 5.74) is 0. The molecule has 94 valence electrons. The predicted octanol–water partition coefficient (Wildman–Crippen LogP) is 4.81. The van der Waals surface area contributed by atoms with E-state index in [1.165, 1.54) is 0 Å². The van der Waals surface area contributed by atoms with Gasteiger partial charge >= 0.3 is 0 Å².